The highest BCUT2D eigenvalue weighted by molar-refractivity contribution is 7.13. The monoisotopic (exact) mass is 458 g/mol. The molecule has 0 aliphatic heterocycles. The van der Waals surface area contributed by atoms with E-state index in [4.69, 9.17) is 4.74 Å². The van der Waals surface area contributed by atoms with Gasteiger partial charge in [-0.05, 0) is 54.4 Å². The van der Waals surface area contributed by atoms with Gasteiger partial charge in [-0.15, -0.1) is 10.2 Å². The van der Waals surface area contributed by atoms with Crippen LogP contribution in [0.2, 0.25) is 0 Å². The van der Waals surface area contributed by atoms with E-state index in [2.05, 4.69) is 20.8 Å². The summed E-state index contributed by atoms with van der Waals surface area (Å²) in [5, 5.41) is 14.5. The molecule has 0 atom stereocenters. The number of aryl methyl sites for hydroxylation is 1. The van der Waals surface area contributed by atoms with Gasteiger partial charge in [0, 0.05) is 17.8 Å². The normalized spacial score (nSPS) is 10.5. The summed E-state index contributed by atoms with van der Waals surface area (Å²) in [4.78, 5) is 24.8. The lowest BCUT2D eigenvalue weighted by atomic mass is 10.1. The van der Waals surface area contributed by atoms with E-state index >= 15 is 0 Å². The van der Waals surface area contributed by atoms with Crippen molar-refractivity contribution in [2.75, 3.05) is 5.32 Å². The minimum Gasteiger partial charge on any atom is -0.486 e. The first kappa shape index (κ1) is 22.2. The summed E-state index contributed by atoms with van der Waals surface area (Å²) >= 11 is 1.17. The third kappa shape index (κ3) is 6.24. The van der Waals surface area contributed by atoms with Crippen LogP contribution < -0.4 is 15.4 Å². The molecule has 0 aliphatic carbocycles. The van der Waals surface area contributed by atoms with Crippen LogP contribution in [0.4, 0.5) is 5.69 Å². The van der Waals surface area contributed by atoms with E-state index in [1.807, 2.05) is 61.5 Å². The molecule has 0 unspecified atom stereocenters. The van der Waals surface area contributed by atoms with Crippen molar-refractivity contribution in [3.8, 4) is 5.75 Å². The molecule has 0 aliphatic rings. The molecule has 0 spiro atoms. The SMILES string of the molecule is Cc1cccc(OCc2nnc(C(=O)Nc3ccc(C(=O)NCc4ccccc4)cc3)s2)c1. The Morgan fingerprint density at radius 1 is 0.909 bits per heavy atom. The predicted molar refractivity (Wildman–Crippen MR) is 127 cm³/mol. The predicted octanol–water partition coefficient (Wildman–Crippen LogP) is 4.61. The summed E-state index contributed by atoms with van der Waals surface area (Å²) < 4.78 is 5.71. The minimum atomic E-state index is -0.365. The Morgan fingerprint density at radius 3 is 2.45 bits per heavy atom. The van der Waals surface area contributed by atoms with Crippen molar-refractivity contribution < 1.29 is 14.3 Å². The van der Waals surface area contributed by atoms with E-state index in [0.29, 0.717) is 22.8 Å². The van der Waals surface area contributed by atoms with Gasteiger partial charge in [0.2, 0.25) is 5.01 Å². The van der Waals surface area contributed by atoms with Gasteiger partial charge in [0.15, 0.2) is 5.01 Å². The molecule has 7 nitrogen and oxygen atoms in total. The van der Waals surface area contributed by atoms with Gasteiger partial charge in [-0.25, -0.2) is 0 Å². The lowest BCUT2D eigenvalue weighted by molar-refractivity contribution is 0.0950. The highest BCUT2D eigenvalue weighted by Gasteiger charge is 2.14. The van der Waals surface area contributed by atoms with Crippen LogP contribution in [0.3, 0.4) is 0 Å². The number of nitrogens with one attached hydrogen (secondary N) is 2. The zero-order valence-electron chi connectivity index (χ0n) is 17.9. The van der Waals surface area contributed by atoms with Crippen molar-refractivity contribution >= 4 is 28.8 Å². The van der Waals surface area contributed by atoms with E-state index in [0.717, 1.165) is 16.9 Å². The van der Waals surface area contributed by atoms with Crippen molar-refractivity contribution in [2.45, 2.75) is 20.1 Å². The van der Waals surface area contributed by atoms with Crippen LogP contribution in [0, 0.1) is 6.92 Å². The minimum absolute atomic E-state index is 0.181. The fraction of sp³-hybridized carbons (Fsp3) is 0.120. The molecule has 2 amide bonds. The molecule has 1 aromatic heterocycles. The van der Waals surface area contributed by atoms with Gasteiger partial charge in [-0.3, -0.25) is 9.59 Å². The van der Waals surface area contributed by atoms with Gasteiger partial charge in [0.05, 0.1) is 0 Å². The number of nitrogens with zero attached hydrogens (tertiary/aromatic N) is 2. The van der Waals surface area contributed by atoms with E-state index < -0.39 is 0 Å². The van der Waals surface area contributed by atoms with Crippen LogP contribution in [-0.4, -0.2) is 22.0 Å². The number of rotatable bonds is 8. The number of amides is 2. The Kier molecular flexibility index (Phi) is 7.06. The molecule has 4 aromatic rings. The first-order valence-electron chi connectivity index (χ1n) is 10.3. The van der Waals surface area contributed by atoms with Crippen molar-refractivity contribution in [3.63, 3.8) is 0 Å². The zero-order chi connectivity index (χ0) is 23.0. The molecule has 0 saturated carbocycles. The number of hydrogen-bond acceptors (Lipinski definition) is 6. The molecular weight excluding hydrogens is 436 g/mol. The van der Waals surface area contributed by atoms with E-state index in [-0.39, 0.29) is 23.4 Å². The van der Waals surface area contributed by atoms with Crippen LogP contribution in [0.25, 0.3) is 0 Å². The van der Waals surface area contributed by atoms with Crippen molar-refractivity contribution in [1.82, 2.24) is 15.5 Å². The molecule has 8 heteroatoms. The average molecular weight is 459 g/mol. The summed E-state index contributed by atoms with van der Waals surface area (Å²) in [7, 11) is 0. The van der Waals surface area contributed by atoms with Gasteiger partial charge in [0.1, 0.15) is 12.4 Å². The Morgan fingerprint density at radius 2 is 1.70 bits per heavy atom. The lowest BCUT2D eigenvalue weighted by Gasteiger charge is -2.07. The van der Waals surface area contributed by atoms with Gasteiger partial charge in [-0.2, -0.15) is 0 Å². The maximum atomic E-state index is 12.5. The lowest BCUT2D eigenvalue weighted by Crippen LogP contribution is -2.22. The van der Waals surface area contributed by atoms with Gasteiger partial charge in [-0.1, -0.05) is 53.8 Å². The third-order valence-electron chi connectivity index (χ3n) is 4.71. The Hall–Kier alpha value is -4.04. The molecule has 4 rings (SSSR count). The summed E-state index contributed by atoms with van der Waals surface area (Å²) in [5.74, 6) is 0.193. The topological polar surface area (TPSA) is 93.2 Å². The summed E-state index contributed by atoms with van der Waals surface area (Å²) in [6.07, 6.45) is 0. The second-order valence-electron chi connectivity index (χ2n) is 7.31. The van der Waals surface area contributed by atoms with Crippen LogP contribution in [-0.2, 0) is 13.2 Å². The second kappa shape index (κ2) is 10.5. The van der Waals surface area contributed by atoms with Crippen molar-refractivity contribution in [1.29, 1.82) is 0 Å². The summed E-state index contributed by atoms with van der Waals surface area (Å²) in [6.45, 7) is 2.68. The largest absolute Gasteiger partial charge is 0.486 e. The maximum Gasteiger partial charge on any atom is 0.286 e. The van der Waals surface area contributed by atoms with E-state index in [9.17, 15) is 9.59 Å². The maximum absolute atomic E-state index is 12.5. The third-order valence-corrected chi connectivity index (χ3v) is 5.61. The number of ether oxygens (including phenoxy) is 1. The zero-order valence-corrected chi connectivity index (χ0v) is 18.8. The highest BCUT2D eigenvalue weighted by Crippen LogP contribution is 2.18. The van der Waals surface area contributed by atoms with Crippen molar-refractivity contribution in [3.05, 3.63) is 106 Å². The molecule has 1 heterocycles. The smallest absolute Gasteiger partial charge is 0.286 e. The van der Waals surface area contributed by atoms with Crippen molar-refractivity contribution in [2.24, 2.45) is 0 Å². The molecular formula is C25H22N4O3S. The number of benzene rings is 3. The summed E-state index contributed by atoms with van der Waals surface area (Å²) in [5.41, 5.74) is 3.20. The molecule has 33 heavy (non-hydrogen) atoms. The Balaban J connectivity index is 1.29. The molecule has 0 bridgehead atoms. The first-order valence-corrected chi connectivity index (χ1v) is 11.1. The summed E-state index contributed by atoms with van der Waals surface area (Å²) in [6, 6.07) is 24.1. The average Bonchev–Trinajstić information content (AvgIpc) is 3.32. The van der Waals surface area contributed by atoms with Crippen LogP contribution >= 0.6 is 11.3 Å². The molecule has 3 aromatic carbocycles. The molecule has 2 N–H and O–H groups in total. The van der Waals surface area contributed by atoms with Gasteiger partial charge >= 0.3 is 0 Å². The van der Waals surface area contributed by atoms with Gasteiger partial charge < -0.3 is 15.4 Å². The fourth-order valence-corrected chi connectivity index (χ4v) is 3.67. The number of carbonyl (C=O) groups excluding carboxylic acids is 2. The Labute approximate surface area is 195 Å². The molecule has 0 radical (unpaired) electrons. The first-order chi connectivity index (χ1) is 16.1. The number of anilines is 1. The molecule has 166 valence electrons. The molecule has 0 fully saturated rings. The number of aromatic nitrogens is 2. The number of carbonyl (C=O) groups is 2. The van der Waals surface area contributed by atoms with Gasteiger partial charge in [0.25, 0.3) is 11.8 Å². The Bertz CT molecular complexity index is 1240. The van der Waals surface area contributed by atoms with Crippen LogP contribution in [0.1, 0.15) is 36.3 Å². The molecule has 0 saturated heterocycles. The highest BCUT2D eigenvalue weighted by atomic mass is 32.1. The van der Waals surface area contributed by atoms with Crippen LogP contribution in [0.5, 0.6) is 5.75 Å². The second-order valence-corrected chi connectivity index (χ2v) is 8.37. The fourth-order valence-electron chi connectivity index (χ4n) is 3.02. The van der Waals surface area contributed by atoms with Crippen LogP contribution in [0.15, 0.2) is 78.9 Å². The standard InChI is InChI=1S/C25H22N4O3S/c1-17-6-5-9-21(14-17)32-16-22-28-29-25(33-22)24(31)27-20-12-10-19(11-13-20)23(30)26-15-18-7-3-2-4-8-18/h2-14H,15-16H2,1H3,(H,26,30)(H,27,31). The quantitative estimate of drug-likeness (QED) is 0.402. The van der Waals surface area contributed by atoms with E-state index in [1.54, 1.807) is 24.3 Å². The number of hydrogen-bond donors (Lipinski definition) is 2. The van der Waals surface area contributed by atoms with E-state index in [1.165, 1.54) is 11.3 Å².